The van der Waals surface area contributed by atoms with Gasteiger partial charge in [0.15, 0.2) is 0 Å². The van der Waals surface area contributed by atoms with E-state index in [9.17, 15) is 0 Å². The van der Waals surface area contributed by atoms with Crippen molar-refractivity contribution < 1.29 is 0 Å². The molecule has 0 heterocycles. The van der Waals surface area contributed by atoms with Gasteiger partial charge in [0.25, 0.3) is 0 Å². The van der Waals surface area contributed by atoms with Crippen molar-refractivity contribution in [2.75, 3.05) is 7.05 Å². The third-order valence-corrected chi connectivity index (χ3v) is 1.89. The highest BCUT2D eigenvalue weighted by Gasteiger charge is 2.13. The van der Waals surface area contributed by atoms with Crippen LogP contribution in [0.3, 0.4) is 0 Å². The van der Waals surface area contributed by atoms with Crippen LogP contribution < -0.4 is 5.32 Å². The molecule has 0 aromatic rings. The molecule has 0 atom stereocenters. The molecule has 0 fully saturated rings. The summed E-state index contributed by atoms with van der Waals surface area (Å²) < 4.78 is 0. The maximum atomic E-state index is 3.27. The maximum absolute atomic E-state index is 3.27. The van der Waals surface area contributed by atoms with E-state index in [1.165, 1.54) is 5.57 Å². The zero-order valence-electron chi connectivity index (χ0n) is 7.78. The van der Waals surface area contributed by atoms with E-state index in [1.807, 2.05) is 7.05 Å². The molecule has 0 amide bonds. The van der Waals surface area contributed by atoms with Crippen molar-refractivity contribution in [3.63, 3.8) is 0 Å². The minimum absolute atomic E-state index is 0.247. The van der Waals surface area contributed by atoms with Gasteiger partial charge in [-0.3, -0.25) is 0 Å². The number of hydrogen-bond acceptors (Lipinski definition) is 1. The standard InChI is InChI=1S/C9H19N/c1-6-8(2)7-9(3,4)10-5/h6,10H,7H2,1-5H3/b8-6+. The first kappa shape index (κ1) is 9.70. The average Bonchev–Trinajstić information content (AvgIpc) is 1.87. The number of nitrogens with one attached hydrogen (secondary N) is 1. The van der Waals surface area contributed by atoms with Crippen LogP contribution >= 0.6 is 0 Å². The highest BCUT2D eigenvalue weighted by Crippen LogP contribution is 2.13. The smallest absolute Gasteiger partial charge is 0.0159 e. The van der Waals surface area contributed by atoms with Crippen LogP contribution in [0.4, 0.5) is 0 Å². The van der Waals surface area contributed by atoms with Crippen molar-refractivity contribution in [1.29, 1.82) is 0 Å². The summed E-state index contributed by atoms with van der Waals surface area (Å²) in [6.45, 7) is 8.67. The Morgan fingerprint density at radius 3 is 2.30 bits per heavy atom. The van der Waals surface area contributed by atoms with E-state index < -0.39 is 0 Å². The van der Waals surface area contributed by atoms with Crippen molar-refractivity contribution in [3.05, 3.63) is 11.6 Å². The van der Waals surface area contributed by atoms with Crippen molar-refractivity contribution in [2.45, 2.75) is 39.7 Å². The molecule has 10 heavy (non-hydrogen) atoms. The largest absolute Gasteiger partial charge is 0.314 e. The molecule has 0 aliphatic heterocycles. The Kier molecular flexibility index (Phi) is 3.66. The topological polar surface area (TPSA) is 12.0 Å². The maximum Gasteiger partial charge on any atom is 0.0159 e. The van der Waals surface area contributed by atoms with Gasteiger partial charge in [-0.05, 0) is 41.2 Å². The molecule has 0 radical (unpaired) electrons. The van der Waals surface area contributed by atoms with E-state index in [-0.39, 0.29) is 5.54 Å². The average molecular weight is 141 g/mol. The summed E-state index contributed by atoms with van der Waals surface area (Å²) in [5, 5.41) is 3.27. The quantitative estimate of drug-likeness (QED) is 0.595. The van der Waals surface area contributed by atoms with Gasteiger partial charge in [-0.2, -0.15) is 0 Å². The first-order chi connectivity index (χ1) is 4.52. The van der Waals surface area contributed by atoms with Crippen LogP contribution in [-0.4, -0.2) is 12.6 Å². The van der Waals surface area contributed by atoms with Crippen LogP contribution in [0.2, 0.25) is 0 Å². The van der Waals surface area contributed by atoms with E-state index in [0.29, 0.717) is 0 Å². The molecular weight excluding hydrogens is 122 g/mol. The van der Waals surface area contributed by atoms with E-state index >= 15 is 0 Å². The van der Waals surface area contributed by atoms with Crippen LogP contribution in [0.25, 0.3) is 0 Å². The highest BCUT2D eigenvalue weighted by atomic mass is 14.9. The molecule has 0 unspecified atom stereocenters. The van der Waals surface area contributed by atoms with Crippen molar-refractivity contribution in [3.8, 4) is 0 Å². The fraction of sp³-hybridized carbons (Fsp3) is 0.778. The zero-order chi connectivity index (χ0) is 8.20. The Balaban J connectivity index is 3.88. The molecule has 0 bridgehead atoms. The predicted molar refractivity (Wildman–Crippen MR) is 47.2 cm³/mol. The van der Waals surface area contributed by atoms with Gasteiger partial charge in [-0.1, -0.05) is 11.6 Å². The summed E-state index contributed by atoms with van der Waals surface area (Å²) in [4.78, 5) is 0. The summed E-state index contributed by atoms with van der Waals surface area (Å²) in [6, 6.07) is 0. The molecule has 1 N–H and O–H groups in total. The van der Waals surface area contributed by atoms with Crippen LogP contribution in [0.5, 0.6) is 0 Å². The van der Waals surface area contributed by atoms with Crippen LogP contribution in [0.1, 0.15) is 34.1 Å². The molecule has 0 aliphatic carbocycles. The SMILES string of the molecule is C/C=C(\C)CC(C)(C)NC. The Labute approximate surface area is 64.5 Å². The Bertz CT molecular complexity index is 123. The Hall–Kier alpha value is -0.300. The minimum atomic E-state index is 0.247. The van der Waals surface area contributed by atoms with Gasteiger partial charge >= 0.3 is 0 Å². The molecular formula is C9H19N. The van der Waals surface area contributed by atoms with Gasteiger partial charge in [0, 0.05) is 5.54 Å². The summed E-state index contributed by atoms with van der Waals surface area (Å²) in [6.07, 6.45) is 3.29. The number of hydrogen-bond donors (Lipinski definition) is 1. The number of rotatable bonds is 3. The summed E-state index contributed by atoms with van der Waals surface area (Å²) in [7, 11) is 2.00. The molecule has 0 spiro atoms. The predicted octanol–water partition coefficient (Wildman–Crippen LogP) is 2.34. The lowest BCUT2D eigenvalue weighted by Gasteiger charge is -2.24. The van der Waals surface area contributed by atoms with Crippen LogP contribution in [0, 0.1) is 0 Å². The van der Waals surface area contributed by atoms with E-state index in [2.05, 4.69) is 39.1 Å². The molecule has 0 rings (SSSR count). The summed E-state index contributed by atoms with van der Waals surface area (Å²) in [5.41, 5.74) is 1.69. The normalized spacial score (nSPS) is 13.9. The van der Waals surface area contributed by atoms with E-state index in [1.54, 1.807) is 0 Å². The summed E-state index contributed by atoms with van der Waals surface area (Å²) >= 11 is 0. The lowest BCUT2D eigenvalue weighted by molar-refractivity contribution is 0.420. The minimum Gasteiger partial charge on any atom is -0.314 e. The fourth-order valence-corrected chi connectivity index (χ4v) is 0.888. The lowest BCUT2D eigenvalue weighted by atomic mass is 9.96. The second-order valence-corrected chi connectivity index (χ2v) is 3.45. The van der Waals surface area contributed by atoms with E-state index in [4.69, 9.17) is 0 Å². The molecule has 60 valence electrons. The van der Waals surface area contributed by atoms with Gasteiger partial charge in [0.05, 0.1) is 0 Å². The van der Waals surface area contributed by atoms with Gasteiger partial charge in [0.2, 0.25) is 0 Å². The van der Waals surface area contributed by atoms with Crippen molar-refractivity contribution in [2.24, 2.45) is 0 Å². The highest BCUT2D eigenvalue weighted by molar-refractivity contribution is 5.01. The second-order valence-electron chi connectivity index (χ2n) is 3.45. The molecule has 0 saturated carbocycles. The molecule has 1 nitrogen and oxygen atoms in total. The fourth-order valence-electron chi connectivity index (χ4n) is 0.888. The monoisotopic (exact) mass is 141 g/mol. The van der Waals surface area contributed by atoms with Gasteiger partial charge in [-0.25, -0.2) is 0 Å². The van der Waals surface area contributed by atoms with Crippen LogP contribution in [0.15, 0.2) is 11.6 Å². The second kappa shape index (κ2) is 3.77. The first-order valence-corrected chi connectivity index (χ1v) is 3.82. The van der Waals surface area contributed by atoms with E-state index in [0.717, 1.165) is 6.42 Å². The molecule has 0 aliphatic rings. The Morgan fingerprint density at radius 2 is 2.00 bits per heavy atom. The first-order valence-electron chi connectivity index (χ1n) is 3.82. The van der Waals surface area contributed by atoms with Crippen LogP contribution in [-0.2, 0) is 0 Å². The molecule has 0 aromatic carbocycles. The van der Waals surface area contributed by atoms with Crippen molar-refractivity contribution >= 4 is 0 Å². The summed E-state index contributed by atoms with van der Waals surface area (Å²) in [5.74, 6) is 0. The molecule has 0 saturated heterocycles. The molecule has 0 aromatic heterocycles. The van der Waals surface area contributed by atoms with Gasteiger partial charge in [0.1, 0.15) is 0 Å². The molecule has 1 heteroatoms. The third-order valence-electron chi connectivity index (χ3n) is 1.89. The zero-order valence-corrected chi connectivity index (χ0v) is 7.78. The Morgan fingerprint density at radius 1 is 1.50 bits per heavy atom. The van der Waals surface area contributed by atoms with Gasteiger partial charge in [-0.15, -0.1) is 0 Å². The third kappa shape index (κ3) is 3.67. The van der Waals surface area contributed by atoms with Gasteiger partial charge < -0.3 is 5.32 Å². The lowest BCUT2D eigenvalue weighted by Crippen LogP contribution is -2.36. The van der Waals surface area contributed by atoms with Crippen molar-refractivity contribution in [1.82, 2.24) is 5.32 Å². The number of allylic oxidation sites excluding steroid dienone is 1.